The zero-order chi connectivity index (χ0) is 15.1. The lowest BCUT2D eigenvalue weighted by molar-refractivity contribution is -0.117. The van der Waals surface area contributed by atoms with Crippen LogP contribution in [0.1, 0.15) is 31.6 Å². The standard InChI is InChI=1S/C18H18N2O2/c1-11-9-14-17(15(21)10-11)18(16-7-4-8-22-16)20-13-6-3-2-5-12(13)19-14/h2-8,11,18-20H,9-10H2,1H3/t11-,18+/m0/s1. The Hall–Kier alpha value is -2.49. The van der Waals surface area contributed by atoms with E-state index in [0.717, 1.165) is 34.8 Å². The second-order valence-electron chi connectivity index (χ2n) is 6.09. The molecule has 1 aliphatic carbocycles. The van der Waals surface area contributed by atoms with Crippen molar-refractivity contribution in [3.8, 4) is 0 Å². The molecule has 2 N–H and O–H groups in total. The molecule has 1 aromatic heterocycles. The van der Waals surface area contributed by atoms with Crippen LogP contribution in [-0.2, 0) is 4.79 Å². The highest BCUT2D eigenvalue weighted by Gasteiger charge is 2.35. The summed E-state index contributed by atoms with van der Waals surface area (Å²) in [7, 11) is 0. The summed E-state index contributed by atoms with van der Waals surface area (Å²) in [6.45, 7) is 2.12. The minimum absolute atomic E-state index is 0.197. The van der Waals surface area contributed by atoms with E-state index in [1.54, 1.807) is 6.26 Å². The van der Waals surface area contributed by atoms with Crippen LogP contribution >= 0.6 is 0 Å². The van der Waals surface area contributed by atoms with Crippen LogP contribution in [0.5, 0.6) is 0 Å². The van der Waals surface area contributed by atoms with E-state index in [1.807, 2.05) is 36.4 Å². The summed E-state index contributed by atoms with van der Waals surface area (Å²) in [5, 5.41) is 6.94. The fourth-order valence-electron chi connectivity index (χ4n) is 3.36. The molecule has 0 spiro atoms. The van der Waals surface area contributed by atoms with Crippen LogP contribution in [0.2, 0.25) is 0 Å². The van der Waals surface area contributed by atoms with Crippen molar-refractivity contribution in [2.45, 2.75) is 25.8 Å². The summed E-state index contributed by atoms with van der Waals surface area (Å²) in [4.78, 5) is 12.7. The fraction of sp³-hybridized carbons (Fsp3) is 0.278. The van der Waals surface area contributed by atoms with Gasteiger partial charge in [0.2, 0.25) is 0 Å². The first kappa shape index (κ1) is 13.2. The largest absolute Gasteiger partial charge is 0.467 e. The van der Waals surface area contributed by atoms with Gasteiger partial charge in [-0.2, -0.15) is 0 Å². The van der Waals surface area contributed by atoms with Crippen LogP contribution < -0.4 is 10.6 Å². The average molecular weight is 294 g/mol. The van der Waals surface area contributed by atoms with Crippen molar-refractivity contribution in [2.24, 2.45) is 5.92 Å². The van der Waals surface area contributed by atoms with E-state index in [-0.39, 0.29) is 11.8 Å². The highest BCUT2D eigenvalue weighted by atomic mass is 16.3. The predicted octanol–water partition coefficient (Wildman–Crippen LogP) is 4.11. The van der Waals surface area contributed by atoms with Gasteiger partial charge in [0.1, 0.15) is 11.8 Å². The van der Waals surface area contributed by atoms with Gasteiger partial charge in [0.15, 0.2) is 5.78 Å². The monoisotopic (exact) mass is 294 g/mol. The number of benzene rings is 1. The summed E-state index contributed by atoms with van der Waals surface area (Å²) in [5.74, 6) is 1.33. The molecule has 0 fully saturated rings. The molecular weight excluding hydrogens is 276 g/mol. The Kier molecular flexibility index (Phi) is 3.03. The molecular formula is C18H18N2O2. The van der Waals surface area contributed by atoms with Gasteiger partial charge in [-0.15, -0.1) is 0 Å². The molecule has 1 aromatic carbocycles. The number of carbonyl (C=O) groups is 1. The van der Waals surface area contributed by atoms with Gasteiger partial charge < -0.3 is 15.1 Å². The molecule has 0 unspecified atom stereocenters. The van der Waals surface area contributed by atoms with E-state index in [9.17, 15) is 4.79 Å². The number of hydrogen-bond acceptors (Lipinski definition) is 4. The third-order valence-corrected chi connectivity index (χ3v) is 4.34. The second kappa shape index (κ2) is 5.05. The van der Waals surface area contributed by atoms with E-state index < -0.39 is 0 Å². The van der Waals surface area contributed by atoms with Crippen LogP contribution in [0.3, 0.4) is 0 Å². The number of Topliss-reactive ketones (excluding diaryl/α,β-unsaturated/α-hetero) is 1. The first-order valence-electron chi connectivity index (χ1n) is 7.64. The second-order valence-corrected chi connectivity index (χ2v) is 6.09. The fourth-order valence-corrected chi connectivity index (χ4v) is 3.36. The van der Waals surface area contributed by atoms with Crippen molar-refractivity contribution >= 4 is 17.2 Å². The lowest BCUT2D eigenvalue weighted by Crippen LogP contribution is -2.26. The molecule has 0 amide bonds. The van der Waals surface area contributed by atoms with Gasteiger partial charge in [0, 0.05) is 17.7 Å². The van der Waals surface area contributed by atoms with Crippen molar-refractivity contribution in [3.63, 3.8) is 0 Å². The molecule has 4 rings (SSSR count). The minimum Gasteiger partial charge on any atom is -0.467 e. The zero-order valence-corrected chi connectivity index (χ0v) is 12.4. The smallest absolute Gasteiger partial charge is 0.163 e. The van der Waals surface area contributed by atoms with E-state index in [2.05, 4.69) is 17.6 Å². The molecule has 4 heteroatoms. The highest BCUT2D eigenvalue weighted by molar-refractivity contribution is 6.00. The lowest BCUT2D eigenvalue weighted by atomic mass is 9.83. The minimum atomic E-state index is -0.235. The molecule has 22 heavy (non-hydrogen) atoms. The van der Waals surface area contributed by atoms with Crippen LogP contribution in [0.4, 0.5) is 11.4 Å². The molecule has 0 saturated carbocycles. The maximum atomic E-state index is 12.7. The van der Waals surface area contributed by atoms with Crippen LogP contribution in [0.25, 0.3) is 0 Å². The Labute approximate surface area is 129 Å². The van der Waals surface area contributed by atoms with E-state index in [1.165, 1.54) is 0 Å². The van der Waals surface area contributed by atoms with Gasteiger partial charge in [0.05, 0.1) is 17.6 Å². The number of furan rings is 1. The Morgan fingerprint density at radius 2 is 1.91 bits per heavy atom. The predicted molar refractivity (Wildman–Crippen MR) is 85.6 cm³/mol. The van der Waals surface area contributed by atoms with Crippen LogP contribution in [-0.4, -0.2) is 5.78 Å². The molecule has 112 valence electrons. The van der Waals surface area contributed by atoms with Gasteiger partial charge in [-0.1, -0.05) is 19.1 Å². The normalized spacial score (nSPS) is 24.0. The molecule has 4 nitrogen and oxygen atoms in total. The lowest BCUT2D eigenvalue weighted by Gasteiger charge is -2.26. The van der Waals surface area contributed by atoms with Crippen molar-refractivity contribution in [1.82, 2.24) is 0 Å². The number of rotatable bonds is 1. The van der Waals surface area contributed by atoms with Crippen molar-refractivity contribution in [2.75, 3.05) is 10.6 Å². The van der Waals surface area contributed by atoms with Crippen molar-refractivity contribution < 1.29 is 9.21 Å². The molecule has 2 heterocycles. The zero-order valence-electron chi connectivity index (χ0n) is 12.4. The van der Waals surface area contributed by atoms with E-state index in [4.69, 9.17) is 4.42 Å². The third-order valence-electron chi connectivity index (χ3n) is 4.34. The van der Waals surface area contributed by atoms with Crippen LogP contribution in [0.15, 0.2) is 58.3 Å². The Morgan fingerprint density at radius 3 is 2.68 bits per heavy atom. The molecule has 2 aromatic rings. The summed E-state index contributed by atoms with van der Waals surface area (Å²) in [5.41, 5.74) is 3.82. The quantitative estimate of drug-likeness (QED) is 0.831. The first-order valence-corrected chi connectivity index (χ1v) is 7.64. The van der Waals surface area contributed by atoms with Gasteiger partial charge in [0.25, 0.3) is 0 Å². The topological polar surface area (TPSA) is 54.3 Å². The summed E-state index contributed by atoms with van der Waals surface area (Å²) >= 11 is 0. The van der Waals surface area contributed by atoms with Gasteiger partial charge in [-0.05, 0) is 36.6 Å². The van der Waals surface area contributed by atoms with Gasteiger partial charge in [-0.25, -0.2) is 0 Å². The summed E-state index contributed by atoms with van der Waals surface area (Å²) in [6.07, 6.45) is 3.13. The first-order chi connectivity index (χ1) is 10.7. The van der Waals surface area contributed by atoms with Crippen molar-refractivity contribution in [1.29, 1.82) is 0 Å². The molecule has 0 bridgehead atoms. The summed E-state index contributed by atoms with van der Waals surface area (Å²) in [6, 6.07) is 11.6. The molecule has 0 saturated heterocycles. The highest BCUT2D eigenvalue weighted by Crippen LogP contribution is 2.41. The maximum Gasteiger partial charge on any atom is 0.163 e. The Balaban J connectivity index is 1.88. The number of ketones is 1. The number of nitrogens with one attached hydrogen (secondary N) is 2. The van der Waals surface area contributed by atoms with Gasteiger partial charge >= 0.3 is 0 Å². The van der Waals surface area contributed by atoms with Crippen LogP contribution in [0, 0.1) is 5.92 Å². The number of carbonyl (C=O) groups excluding carboxylic acids is 1. The molecule has 1 aliphatic heterocycles. The summed E-state index contributed by atoms with van der Waals surface area (Å²) < 4.78 is 5.59. The number of anilines is 2. The third kappa shape index (κ3) is 2.11. The molecule has 2 atom stereocenters. The maximum absolute atomic E-state index is 12.7. The van der Waals surface area contributed by atoms with E-state index >= 15 is 0 Å². The SMILES string of the molecule is C[C@@H]1CC(=O)C2=C(C1)Nc1ccccc1N[C@@H]2c1ccco1. The Morgan fingerprint density at radius 1 is 1.09 bits per heavy atom. The average Bonchev–Trinajstić information content (AvgIpc) is 2.95. The number of hydrogen-bond donors (Lipinski definition) is 2. The molecule has 2 aliphatic rings. The number of para-hydroxylation sites is 2. The Bertz CT molecular complexity index is 746. The number of allylic oxidation sites excluding steroid dienone is 1. The van der Waals surface area contributed by atoms with Gasteiger partial charge in [-0.3, -0.25) is 4.79 Å². The van der Waals surface area contributed by atoms with E-state index in [0.29, 0.717) is 12.3 Å². The molecule has 0 radical (unpaired) electrons. The van der Waals surface area contributed by atoms with Crippen molar-refractivity contribution in [3.05, 3.63) is 59.7 Å². The number of fused-ring (bicyclic) bond motifs is 1.